The van der Waals surface area contributed by atoms with Crippen molar-refractivity contribution in [2.24, 2.45) is 0 Å². The molecule has 0 heterocycles. The number of benzene rings is 1. The first-order valence-corrected chi connectivity index (χ1v) is 5.21. The number of hydrogen-bond acceptors (Lipinski definition) is 2. The van der Waals surface area contributed by atoms with E-state index in [0.29, 0.717) is 5.56 Å². The maximum Gasteiger partial charge on any atom is 0.334 e. The average molecular weight is 233 g/mol. The molecule has 4 nitrogen and oxygen atoms in total. The number of amides is 1. The zero-order valence-corrected chi connectivity index (χ0v) is 9.64. The molecule has 90 valence electrons. The Morgan fingerprint density at radius 1 is 1.41 bits per heavy atom. The number of carbonyl (C=O) groups excluding carboxylic acids is 1. The number of carbonyl (C=O) groups is 2. The lowest BCUT2D eigenvalue weighted by Crippen LogP contribution is -2.50. The summed E-state index contributed by atoms with van der Waals surface area (Å²) in [7, 11) is 0. The molecule has 0 aliphatic carbocycles. The molecule has 0 bridgehead atoms. The van der Waals surface area contributed by atoms with Crippen LogP contribution >= 0.6 is 0 Å². The molecule has 17 heavy (non-hydrogen) atoms. The van der Waals surface area contributed by atoms with E-state index >= 15 is 0 Å². The molecular formula is C13H15NO3. The van der Waals surface area contributed by atoms with Gasteiger partial charge in [0.2, 0.25) is 5.91 Å². The molecule has 2 N–H and O–H groups in total. The van der Waals surface area contributed by atoms with E-state index in [-0.39, 0.29) is 6.42 Å². The maximum atomic E-state index is 11.5. The van der Waals surface area contributed by atoms with Crippen LogP contribution in [0.25, 0.3) is 0 Å². The minimum absolute atomic E-state index is 0.131. The van der Waals surface area contributed by atoms with Gasteiger partial charge in [0.05, 0.1) is 0 Å². The number of nitrogens with one attached hydrogen (secondary N) is 1. The average Bonchev–Trinajstić information content (AvgIpc) is 2.28. The van der Waals surface area contributed by atoms with Crippen LogP contribution in [0.4, 0.5) is 0 Å². The first-order valence-electron chi connectivity index (χ1n) is 5.21. The Kier molecular flexibility index (Phi) is 4.04. The highest BCUT2D eigenvalue weighted by molar-refractivity contribution is 5.87. The normalized spacial score (nSPS) is 13.5. The van der Waals surface area contributed by atoms with Gasteiger partial charge in [-0.1, -0.05) is 36.4 Å². The molecule has 4 heteroatoms. The Morgan fingerprint density at radius 2 is 2.00 bits per heavy atom. The molecule has 0 fully saturated rings. The van der Waals surface area contributed by atoms with Gasteiger partial charge in [0, 0.05) is 13.3 Å². The predicted octanol–water partition coefficient (Wildman–Crippen LogP) is 1.68. The summed E-state index contributed by atoms with van der Waals surface area (Å²) in [4.78, 5) is 22.7. The molecule has 0 aliphatic rings. The van der Waals surface area contributed by atoms with Crippen LogP contribution in [0.5, 0.6) is 0 Å². The van der Waals surface area contributed by atoms with Gasteiger partial charge in [-0.25, -0.2) is 4.79 Å². The molecule has 1 aromatic carbocycles. The van der Waals surface area contributed by atoms with Crippen molar-refractivity contribution in [1.29, 1.82) is 0 Å². The van der Waals surface area contributed by atoms with E-state index < -0.39 is 17.4 Å². The molecule has 0 aliphatic heterocycles. The lowest BCUT2D eigenvalue weighted by atomic mass is 9.86. The van der Waals surface area contributed by atoms with Gasteiger partial charge in [0.15, 0.2) is 5.54 Å². The molecule has 0 saturated heterocycles. The molecule has 1 rings (SSSR count). The van der Waals surface area contributed by atoms with E-state index in [1.807, 2.05) is 0 Å². The molecule has 0 radical (unpaired) electrons. The highest BCUT2D eigenvalue weighted by atomic mass is 16.4. The SMILES string of the molecule is C=CC[C@@](NC(C)=O)(C(=O)O)c1ccccc1. The molecule has 1 atom stereocenters. The van der Waals surface area contributed by atoms with E-state index in [1.54, 1.807) is 30.3 Å². The van der Waals surface area contributed by atoms with Crippen molar-refractivity contribution in [1.82, 2.24) is 5.32 Å². The van der Waals surface area contributed by atoms with Gasteiger partial charge in [-0.05, 0) is 5.56 Å². The van der Waals surface area contributed by atoms with Crippen LogP contribution in [0.2, 0.25) is 0 Å². The Bertz CT molecular complexity index is 428. The lowest BCUT2D eigenvalue weighted by molar-refractivity contribution is -0.147. The Hall–Kier alpha value is -2.10. The van der Waals surface area contributed by atoms with Gasteiger partial charge in [-0.15, -0.1) is 6.58 Å². The summed E-state index contributed by atoms with van der Waals surface area (Å²) in [6.07, 6.45) is 1.61. The fourth-order valence-electron chi connectivity index (χ4n) is 1.74. The molecule has 0 aromatic heterocycles. The molecule has 1 aromatic rings. The minimum atomic E-state index is -1.44. The Morgan fingerprint density at radius 3 is 2.41 bits per heavy atom. The zero-order valence-electron chi connectivity index (χ0n) is 9.64. The van der Waals surface area contributed by atoms with Crippen molar-refractivity contribution in [2.75, 3.05) is 0 Å². The van der Waals surface area contributed by atoms with Crippen molar-refractivity contribution >= 4 is 11.9 Å². The predicted molar refractivity (Wildman–Crippen MR) is 64.4 cm³/mol. The number of carboxylic acid groups (broad SMARTS) is 1. The van der Waals surface area contributed by atoms with E-state index in [2.05, 4.69) is 11.9 Å². The van der Waals surface area contributed by atoms with Crippen LogP contribution in [0.1, 0.15) is 18.9 Å². The fraction of sp³-hybridized carbons (Fsp3) is 0.231. The van der Waals surface area contributed by atoms with Crippen molar-refractivity contribution in [3.63, 3.8) is 0 Å². The quantitative estimate of drug-likeness (QED) is 0.760. The summed E-state index contributed by atoms with van der Waals surface area (Å²) in [6, 6.07) is 8.61. The minimum Gasteiger partial charge on any atom is -0.479 e. The maximum absolute atomic E-state index is 11.5. The summed E-state index contributed by atoms with van der Waals surface area (Å²) in [5.74, 6) is -1.49. The van der Waals surface area contributed by atoms with Crippen molar-refractivity contribution < 1.29 is 14.7 Å². The third-order valence-electron chi connectivity index (χ3n) is 2.47. The standard InChI is InChI=1S/C13H15NO3/c1-3-9-13(12(16)17,14-10(2)15)11-7-5-4-6-8-11/h3-8H,1,9H2,2H3,(H,14,15)(H,16,17)/t13-/m0/s1. The third-order valence-corrected chi connectivity index (χ3v) is 2.47. The summed E-state index contributed by atoms with van der Waals surface area (Å²) in [5.41, 5.74) is -0.905. The van der Waals surface area contributed by atoms with Crippen LogP contribution in [-0.4, -0.2) is 17.0 Å². The van der Waals surface area contributed by atoms with Gasteiger partial charge in [-0.3, -0.25) is 4.79 Å². The Labute approximate surface area is 100.0 Å². The summed E-state index contributed by atoms with van der Waals surface area (Å²) in [6.45, 7) is 4.84. The van der Waals surface area contributed by atoms with Gasteiger partial charge in [0.1, 0.15) is 0 Å². The van der Waals surface area contributed by atoms with Crippen molar-refractivity contribution in [3.05, 3.63) is 48.6 Å². The number of carboxylic acids is 1. The molecule has 0 unspecified atom stereocenters. The van der Waals surface area contributed by atoms with E-state index in [4.69, 9.17) is 0 Å². The first-order chi connectivity index (χ1) is 8.03. The van der Waals surface area contributed by atoms with Crippen LogP contribution in [0.3, 0.4) is 0 Å². The van der Waals surface area contributed by atoms with Gasteiger partial charge >= 0.3 is 5.97 Å². The number of rotatable bonds is 5. The lowest BCUT2D eigenvalue weighted by Gasteiger charge is -2.29. The van der Waals surface area contributed by atoms with E-state index in [9.17, 15) is 14.7 Å². The van der Waals surface area contributed by atoms with Gasteiger partial charge in [0.25, 0.3) is 0 Å². The van der Waals surface area contributed by atoms with Crippen molar-refractivity contribution in [2.45, 2.75) is 18.9 Å². The smallest absolute Gasteiger partial charge is 0.334 e. The second kappa shape index (κ2) is 5.30. The molecule has 0 saturated carbocycles. The topological polar surface area (TPSA) is 66.4 Å². The Balaban J connectivity index is 3.28. The first kappa shape index (κ1) is 13.0. The van der Waals surface area contributed by atoms with Gasteiger partial charge in [-0.2, -0.15) is 0 Å². The second-order valence-corrected chi connectivity index (χ2v) is 3.75. The van der Waals surface area contributed by atoms with Crippen LogP contribution in [0, 0.1) is 0 Å². The number of hydrogen-bond donors (Lipinski definition) is 2. The van der Waals surface area contributed by atoms with Crippen LogP contribution in [0.15, 0.2) is 43.0 Å². The van der Waals surface area contributed by atoms with Gasteiger partial charge < -0.3 is 10.4 Å². The third kappa shape index (κ3) is 2.72. The highest BCUT2D eigenvalue weighted by Gasteiger charge is 2.39. The molecular weight excluding hydrogens is 218 g/mol. The van der Waals surface area contributed by atoms with E-state index in [0.717, 1.165) is 0 Å². The molecule has 1 amide bonds. The van der Waals surface area contributed by atoms with Crippen LogP contribution < -0.4 is 5.32 Å². The van der Waals surface area contributed by atoms with Crippen LogP contribution in [-0.2, 0) is 15.1 Å². The van der Waals surface area contributed by atoms with E-state index in [1.165, 1.54) is 13.0 Å². The van der Waals surface area contributed by atoms with Crippen molar-refractivity contribution in [3.8, 4) is 0 Å². The number of aliphatic carboxylic acids is 1. The fourth-order valence-corrected chi connectivity index (χ4v) is 1.74. The summed E-state index contributed by atoms with van der Waals surface area (Å²) >= 11 is 0. The summed E-state index contributed by atoms with van der Waals surface area (Å²) < 4.78 is 0. The zero-order chi connectivity index (χ0) is 12.9. The molecule has 0 spiro atoms. The highest BCUT2D eigenvalue weighted by Crippen LogP contribution is 2.26. The monoisotopic (exact) mass is 233 g/mol. The summed E-state index contributed by atoms with van der Waals surface area (Å²) in [5, 5.41) is 11.9. The second-order valence-electron chi connectivity index (χ2n) is 3.75. The largest absolute Gasteiger partial charge is 0.479 e.